The number of nitrogens with zero attached hydrogens (tertiary/aromatic N) is 2. The molecular formula is C14H16FN3. The third kappa shape index (κ3) is 2.32. The number of hydrogen-bond donors (Lipinski definition) is 1. The van der Waals surface area contributed by atoms with E-state index < -0.39 is 0 Å². The molecule has 0 spiro atoms. The second-order valence-corrected chi connectivity index (χ2v) is 4.10. The van der Waals surface area contributed by atoms with Gasteiger partial charge in [-0.15, -0.1) is 0 Å². The molecule has 0 amide bonds. The van der Waals surface area contributed by atoms with Gasteiger partial charge < -0.3 is 5.32 Å². The molecule has 3 nitrogen and oxygen atoms in total. The average Bonchev–Trinajstić information content (AvgIpc) is 2.34. The van der Waals surface area contributed by atoms with Crippen molar-refractivity contribution in [3.05, 3.63) is 41.5 Å². The second-order valence-electron chi connectivity index (χ2n) is 4.10. The Hall–Kier alpha value is -1.97. The van der Waals surface area contributed by atoms with Gasteiger partial charge in [0.1, 0.15) is 17.5 Å². The molecular weight excluding hydrogens is 229 g/mol. The molecule has 0 aliphatic rings. The van der Waals surface area contributed by atoms with Crippen LogP contribution in [0.2, 0.25) is 0 Å². The number of halogens is 1. The minimum Gasteiger partial charge on any atom is -0.370 e. The lowest BCUT2D eigenvalue weighted by molar-refractivity contribution is 0.630. The molecule has 2 aromatic rings. The number of anilines is 1. The molecule has 0 aliphatic carbocycles. The first-order valence-electron chi connectivity index (χ1n) is 5.97. The average molecular weight is 245 g/mol. The van der Waals surface area contributed by atoms with Crippen molar-refractivity contribution in [2.45, 2.75) is 20.8 Å². The van der Waals surface area contributed by atoms with Gasteiger partial charge in [0.15, 0.2) is 0 Å². The summed E-state index contributed by atoms with van der Waals surface area (Å²) in [5, 5.41) is 3.17. The van der Waals surface area contributed by atoms with Crippen molar-refractivity contribution in [2.75, 3.05) is 11.9 Å². The molecule has 0 atom stereocenters. The SMILES string of the molecule is CCNc1nc(C)nc(-c2ccccc2F)c1C. The Morgan fingerprint density at radius 2 is 1.89 bits per heavy atom. The van der Waals surface area contributed by atoms with Gasteiger partial charge in [0, 0.05) is 17.7 Å². The van der Waals surface area contributed by atoms with Crippen LogP contribution in [-0.2, 0) is 0 Å². The monoisotopic (exact) mass is 245 g/mol. The van der Waals surface area contributed by atoms with Gasteiger partial charge in [-0.2, -0.15) is 0 Å². The van der Waals surface area contributed by atoms with Crippen molar-refractivity contribution in [1.82, 2.24) is 9.97 Å². The highest BCUT2D eigenvalue weighted by atomic mass is 19.1. The summed E-state index contributed by atoms with van der Waals surface area (Å²) in [6.07, 6.45) is 0. The van der Waals surface area contributed by atoms with Crippen molar-refractivity contribution < 1.29 is 4.39 Å². The van der Waals surface area contributed by atoms with E-state index in [9.17, 15) is 4.39 Å². The van der Waals surface area contributed by atoms with Gasteiger partial charge in [-0.25, -0.2) is 14.4 Å². The van der Waals surface area contributed by atoms with E-state index in [4.69, 9.17) is 0 Å². The maximum atomic E-state index is 13.8. The molecule has 0 saturated heterocycles. The van der Waals surface area contributed by atoms with Crippen LogP contribution in [-0.4, -0.2) is 16.5 Å². The van der Waals surface area contributed by atoms with Gasteiger partial charge in [-0.3, -0.25) is 0 Å². The highest BCUT2D eigenvalue weighted by molar-refractivity contribution is 5.68. The number of rotatable bonds is 3. The fourth-order valence-corrected chi connectivity index (χ4v) is 1.88. The van der Waals surface area contributed by atoms with Gasteiger partial charge >= 0.3 is 0 Å². The van der Waals surface area contributed by atoms with Crippen molar-refractivity contribution in [3.63, 3.8) is 0 Å². The van der Waals surface area contributed by atoms with Crippen molar-refractivity contribution in [1.29, 1.82) is 0 Å². The van der Waals surface area contributed by atoms with Gasteiger partial charge in [0.25, 0.3) is 0 Å². The Bertz CT molecular complexity index is 567. The van der Waals surface area contributed by atoms with E-state index in [2.05, 4.69) is 15.3 Å². The third-order valence-corrected chi connectivity index (χ3v) is 2.73. The first-order chi connectivity index (χ1) is 8.63. The molecule has 2 rings (SSSR count). The molecule has 4 heteroatoms. The van der Waals surface area contributed by atoms with Crippen molar-refractivity contribution in [3.8, 4) is 11.3 Å². The topological polar surface area (TPSA) is 37.8 Å². The zero-order chi connectivity index (χ0) is 13.1. The fraction of sp³-hybridized carbons (Fsp3) is 0.286. The Kier molecular flexibility index (Phi) is 3.55. The number of hydrogen-bond acceptors (Lipinski definition) is 3. The number of benzene rings is 1. The van der Waals surface area contributed by atoms with E-state index in [-0.39, 0.29) is 5.82 Å². The molecule has 94 valence electrons. The summed E-state index contributed by atoms with van der Waals surface area (Å²) < 4.78 is 13.8. The molecule has 0 fully saturated rings. The summed E-state index contributed by atoms with van der Waals surface area (Å²) in [6, 6.07) is 6.66. The zero-order valence-electron chi connectivity index (χ0n) is 10.8. The Morgan fingerprint density at radius 3 is 2.56 bits per heavy atom. The highest BCUT2D eigenvalue weighted by Gasteiger charge is 2.13. The Balaban J connectivity index is 2.61. The summed E-state index contributed by atoms with van der Waals surface area (Å²) in [6.45, 7) is 6.48. The number of aryl methyl sites for hydroxylation is 1. The van der Waals surface area contributed by atoms with Crippen LogP contribution in [0.1, 0.15) is 18.3 Å². The summed E-state index contributed by atoms with van der Waals surface area (Å²) >= 11 is 0. The minimum absolute atomic E-state index is 0.263. The predicted molar refractivity (Wildman–Crippen MR) is 71.1 cm³/mol. The molecule has 0 aliphatic heterocycles. The van der Waals surface area contributed by atoms with E-state index in [0.29, 0.717) is 17.1 Å². The first-order valence-corrected chi connectivity index (χ1v) is 5.97. The van der Waals surface area contributed by atoms with Crippen LogP contribution in [0.4, 0.5) is 10.2 Å². The maximum absolute atomic E-state index is 13.8. The zero-order valence-corrected chi connectivity index (χ0v) is 10.8. The predicted octanol–water partition coefficient (Wildman–Crippen LogP) is 3.33. The fourth-order valence-electron chi connectivity index (χ4n) is 1.88. The van der Waals surface area contributed by atoms with Crippen LogP contribution in [0.15, 0.2) is 24.3 Å². The van der Waals surface area contributed by atoms with E-state index in [1.54, 1.807) is 12.1 Å². The first kappa shape index (κ1) is 12.5. The Morgan fingerprint density at radius 1 is 1.17 bits per heavy atom. The van der Waals surface area contributed by atoms with Gasteiger partial charge in [-0.1, -0.05) is 12.1 Å². The van der Waals surface area contributed by atoms with Crippen LogP contribution < -0.4 is 5.32 Å². The van der Waals surface area contributed by atoms with E-state index >= 15 is 0 Å². The van der Waals surface area contributed by atoms with Crippen LogP contribution >= 0.6 is 0 Å². The summed E-state index contributed by atoms with van der Waals surface area (Å²) in [5.41, 5.74) is 2.03. The van der Waals surface area contributed by atoms with E-state index in [1.165, 1.54) is 6.07 Å². The smallest absolute Gasteiger partial charge is 0.133 e. The number of nitrogens with one attached hydrogen (secondary N) is 1. The summed E-state index contributed by atoms with van der Waals surface area (Å²) in [5.74, 6) is 1.14. The molecule has 0 unspecified atom stereocenters. The molecule has 1 N–H and O–H groups in total. The molecule has 0 saturated carbocycles. The molecule has 18 heavy (non-hydrogen) atoms. The van der Waals surface area contributed by atoms with Gasteiger partial charge in [0.2, 0.25) is 0 Å². The molecule has 1 aromatic heterocycles. The molecule has 1 aromatic carbocycles. The summed E-state index contributed by atoms with van der Waals surface area (Å²) in [4.78, 5) is 8.69. The van der Waals surface area contributed by atoms with E-state index in [1.807, 2.05) is 26.8 Å². The number of aromatic nitrogens is 2. The third-order valence-electron chi connectivity index (χ3n) is 2.73. The second kappa shape index (κ2) is 5.12. The van der Waals surface area contributed by atoms with Crippen LogP contribution in [0.25, 0.3) is 11.3 Å². The molecule has 0 radical (unpaired) electrons. The lowest BCUT2D eigenvalue weighted by Crippen LogP contribution is -2.06. The van der Waals surface area contributed by atoms with Gasteiger partial charge in [-0.05, 0) is 32.9 Å². The lowest BCUT2D eigenvalue weighted by Gasteiger charge is -2.12. The van der Waals surface area contributed by atoms with Crippen LogP contribution in [0.5, 0.6) is 0 Å². The minimum atomic E-state index is -0.263. The normalized spacial score (nSPS) is 10.4. The molecule has 0 bridgehead atoms. The van der Waals surface area contributed by atoms with Crippen molar-refractivity contribution >= 4 is 5.82 Å². The maximum Gasteiger partial charge on any atom is 0.133 e. The lowest BCUT2D eigenvalue weighted by atomic mass is 10.1. The van der Waals surface area contributed by atoms with Crippen molar-refractivity contribution in [2.24, 2.45) is 0 Å². The van der Waals surface area contributed by atoms with Gasteiger partial charge in [0.05, 0.1) is 5.69 Å². The standard InChI is InChI=1S/C14H16FN3/c1-4-16-14-9(2)13(17-10(3)18-14)11-7-5-6-8-12(11)15/h5-8H,4H2,1-3H3,(H,16,17,18). The molecule has 1 heterocycles. The summed E-state index contributed by atoms with van der Waals surface area (Å²) in [7, 11) is 0. The highest BCUT2D eigenvalue weighted by Crippen LogP contribution is 2.27. The quantitative estimate of drug-likeness (QED) is 0.901. The Labute approximate surface area is 106 Å². The van der Waals surface area contributed by atoms with Crippen LogP contribution in [0, 0.1) is 19.7 Å². The van der Waals surface area contributed by atoms with Crippen LogP contribution in [0.3, 0.4) is 0 Å². The largest absolute Gasteiger partial charge is 0.370 e. The van der Waals surface area contributed by atoms with E-state index in [0.717, 1.165) is 17.9 Å².